The van der Waals surface area contributed by atoms with E-state index in [0.717, 1.165) is 0 Å². The Morgan fingerprint density at radius 1 is 1.05 bits per heavy atom. The molecule has 1 aromatic heterocycles. The largest absolute Gasteiger partial charge is 0.290 e. The van der Waals surface area contributed by atoms with E-state index < -0.39 is 5.91 Å². The van der Waals surface area contributed by atoms with Crippen LogP contribution in [0.25, 0.3) is 0 Å². The van der Waals surface area contributed by atoms with Crippen molar-refractivity contribution < 1.29 is 4.79 Å². The van der Waals surface area contributed by atoms with Crippen LogP contribution in [0.4, 0.5) is 5.95 Å². The lowest BCUT2D eigenvalue weighted by molar-refractivity contribution is 0.102. The standard InChI is InChI=1S/C12H8Cl3N3O/c1-6-2-10(15)17-12(16-6)18-11(19)7-3-8(13)5-9(14)4-7/h2-5H,1H3,(H,16,17,18,19). The van der Waals surface area contributed by atoms with Gasteiger partial charge in [0.1, 0.15) is 5.15 Å². The summed E-state index contributed by atoms with van der Waals surface area (Å²) >= 11 is 17.4. The van der Waals surface area contributed by atoms with Gasteiger partial charge in [0.25, 0.3) is 5.91 Å². The molecule has 0 radical (unpaired) electrons. The number of amides is 1. The molecule has 0 aliphatic heterocycles. The fourth-order valence-electron chi connectivity index (χ4n) is 1.44. The second kappa shape index (κ2) is 5.74. The molecular formula is C12H8Cl3N3O. The van der Waals surface area contributed by atoms with E-state index in [1.54, 1.807) is 19.1 Å². The van der Waals surface area contributed by atoms with Gasteiger partial charge in [-0.15, -0.1) is 0 Å². The topological polar surface area (TPSA) is 54.9 Å². The van der Waals surface area contributed by atoms with Crippen LogP contribution in [0, 0.1) is 6.92 Å². The molecule has 0 bridgehead atoms. The van der Waals surface area contributed by atoms with Crippen molar-refractivity contribution in [3.05, 3.63) is 50.7 Å². The van der Waals surface area contributed by atoms with Gasteiger partial charge in [-0.05, 0) is 31.2 Å². The third kappa shape index (κ3) is 3.80. The molecule has 1 heterocycles. The van der Waals surface area contributed by atoms with Crippen LogP contribution >= 0.6 is 34.8 Å². The molecule has 2 rings (SSSR count). The van der Waals surface area contributed by atoms with Crippen LogP contribution in [0.5, 0.6) is 0 Å². The zero-order valence-electron chi connectivity index (χ0n) is 9.75. The summed E-state index contributed by atoms with van der Waals surface area (Å²) in [5.41, 5.74) is 0.971. The third-order valence-electron chi connectivity index (χ3n) is 2.17. The zero-order chi connectivity index (χ0) is 14.0. The fourth-order valence-corrected chi connectivity index (χ4v) is 2.21. The van der Waals surface area contributed by atoms with E-state index in [1.807, 2.05) is 0 Å². The van der Waals surface area contributed by atoms with Crippen LogP contribution in [0.2, 0.25) is 15.2 Å². The van der Waals surface area contributed by atoms with Gasteiger partial charge in [0.15, 0.2) is 0 Å². The maximum atomic E-state index is 12.0. The normalized spacial score (nSPS) is 10.3. The molecule has 0 fully saturated rings. The van der Waals surface area contributed by atoms with E-state index in [-0.39, 0.29) is 11.1 Å². The second-order valence-electron chi connectivity index (χ2n) is 3.77. The molecule has 0 spiro atoms. The molecule has 0 unspecified atom stereocenters. The molecule has 1 N–H and O–H groups in total. The fraction of sp³-hybridized carbons (Fsp3) is 0.0833. The van der Waals surface area contributed by atoms with Crippen LogP contribution in [0.3, 0.4) is 0 Å². The number of rotatable bonds is 2. The molecule has 0 atom stereocenters. The first-order valence-electron chi connectivity index (χ1n) is 5.22. The van der Waals surface area contributed by atoms with E-state index in [4.69, 9.17) is 34.8 Å². The molecule has 1 aromatic carbocycles. The van der Waals surface area contributed by atoms with Crippen molar-refractivity contribution in [3.63, 3.8) is 0 Å². The number of benzene rings is 1. The SMILES string of the molecule is Cc1cc(Cl)nc(NC(=O)c2cc(Cl)cc(Cl)c2)n1. The van der Waals surface area contributed by atoms with Crippen LogP contribution in [-0.2, 0) is 0 Å². The molecule has 1 amide bonds. The third-order valence-corrected chi connectivity index (χ3v) is 2.80. The Morgan fingerprint density at radius 2 is 1.68 bits per heavy atom. The molecular weight excluding hydrogens is 309 g/mol. The molecule has 2 aromatic rings. The maximum Gasteiger partial charge on any atom is 0.258 e. The Morgan fingerprint density at radius 3 is 2.26 bits per heavy atom. The number of hydrogen-bond donors (Lipinski definition) is 1. The Kier molecular flexibility index (Phi) is 4.24. The van der Waals surface area contributed by atoms with Crippen molar-refractivity contribution >= 4 is 46.7 Å². The number of aromatic nitrogens is 2. The summed E-state index contributed by atoms with van der Waals surface area (Å²) in [5, 5.41) is 3.54. The van der Waals surface area contributed by atoms with E-state index >= 15 is 0 Å². The van der Waals surface area contributed by atoms with Crippen LogP contribution < -0.4 is 5.32 Å². The van der Waals surface area contributed by atoms with Crippen LogP contribution in [-0.4, -0.2) is 15.9 Å². The van der Waals surface area contributed by atoms with Gasteiger partial charge in [-0.2, -0.15) is 0 Å². The first-order valence-corrected chi connectivity index (χ1v) is 6.36. The second-order valence-corrected chi connectivity index (χ2v) is 5.03. The number of hydrogen-bond acceptors (Lipinski definition) is 3. The molecule has 0 saturated heterocycles. The van der Waals surface area contributed by atoms with Gasteiger partial charge >= 0.3 is 0 Å². The van der Waals surface area contributed by atoms with Crippen molar-refractivity contribution in [2.24, 2.45) is 0 Å². The summed E-state index contributed by atoms with van der Waals surface area (Å²) in [6.45, 7) is 1.75. The summed E-state index contributed by atoms with van der Waals surface area (Å²) in [4.78, 5) is 19.9. The molecule has 98 valence electrons. The van der Waals surface area contributed by atoms with E-state index in [2.05, 4.69) is 15.3 Å². The van der Waals surface area contributed by atoms with Crippen molar-refractivity contribution in [1.82, 2.24) is 9.97 Å². The first kappa shape index (κ1) is 14.1. The maximum absolute atomic E-state index is 12.0. The van der Waals surface area contributed by atoms with Crippen molar-refractivity contribution in [3.8, 4) is 0 Å². The van der Waals surface area contributed by atoms with Crippen molar-refractivity contribution in [2.75, 3.05) is 5.32 Å². The van der Waals surface area contributed by atoms with Gasteiger partial charge in [0.05, 0.1) is 0 Å². The minimum atomic E-state index is -0.411. The molecule has 0 aliphatic rings. The van der Waals surface area contributed by atoms with Gasteiger partial charge in [-0.1, -0.05) is 34.8 Å². The smallest absolute Gasteiger partial charge is 0.258 e. The first-order chi connectivity index (χ1) is 8.94. The number of aryl methyl sites for hydroxylation is 1. The minimum Gasteiger partial charge on any atom is -0.290 e. The number of nitrogens with zero attached hydrogens (tertiary/aromatic N) is 2. The minimum absolute atomic E-state index is 0.131. The zero-order valence-corrected chi connectivity index (χ0v) is 12.0. The van der Waals surface area contributed by atoms with Crippen molar-refractivity contribution in [2.45, 2.75) is 6.92 Å². The summed E-state index contributed by atoms with van der Waals surface area (Å²) < 4.78 is 0. The van der Waals surface area contributed by atoms with Gasteiger partial charge in [-0.25, -0.2) is 9.97 Å². The van der Waals surface area contributed by atoms with Gasteiger partial charge in [0.2, 0.25) is 5.95 Å². The number of carbonyl (C=O) groups excluding carboxylic acids is 1. The predicted octanol–water partition coefficient (Wildman–Crippen LogP) is 4.00. The predicted molar refractivity (Wildman–Crippen MR) is 76.2 cm³/mol. The number of halogens is 3. The van der Waals surface area contributed by atoms with Gasteiger partial charge < -0.3 is 0 Å². The highest BCUT2D eigenvalue weighted by Gasteiger charge is 2.10. The van der Waals surface area contributed by atoms with Gasteiger partial charge in [-0.3, -0.25) is 10.1 Å². The van der Waals surface area contributed by atoms with Crippen LogP contribution in [0.1, 0.15) is 16.1 Å². The summed E-state index contributed by atoms with van der Waals surface area (Å²) in [6.07, 6.45) is 0. The number of anilines is 1. The molecule has 19 heavy (non-hydrogen) atoms. The Hall–Kier alpha value is -1.36. The molecule has 7 heteroatoms. The Bertz CT molecular complexity index is 606. The summed E-state index contributed by atoms with van der Waals surface area (Å²) in [7, 11) is 0. The molecule has 4 nitrogen and oxygen atoms in total. The Labute approximate surface area is 124 Å². The van der Waals surface area contributed by atoms with Crippen molar-refractivity contribution in [1.29, 1.82) is 0 Å². The number of nitrogens with one attached hydrogen (secondary N) is 1. The highest BCUT2D eigenvalue weighted by atomic mass is 35.5. The van der Waals surface area contributed by atoms with Crippen LogP contribution in [0.15, 0.2) is 24.3 Å². The highest BCUT2D eigenvalue weighted by Crippen LogP contribution is 2.20. The highest BCUT2D eigenvalue weighted by molar-refractivity contribution is 6.35. The summed E-state index contributed by atoms with van der Waals surface area (Å²) in [6, 6.07) is 6.13. The average Bonchev–Trinajstić information content (AvgIpc) is 2.25. The average molecular weight is 317 g/mol. The quantitative estimate of drug-likeness (QED) is 0.852. The number of carbonyl (C=O) groups is 1. The monoisotopic (exact) mass is 315 g/mol. The van der Waals surface area contributed by atoms with E-state index in [9.17, 15) is 4.79 Å². The lowest BCUT2D eigenvalue weighted by Crippen LogP contribution is -2.14. The molecule has 0 aliphatic carbocycles. The summed E-state index contributed by atoms with van der Waals surface area (Å²) in [5.74, 6) is -0.280. The Balaban J connectivity index is 2.25. The van der Waals surface area contributed by atoms with Gasteiger partial charge in [0, 0.05) is 21.3 Å². The van der Waals surface area contributed by atoms with E-state index in [0.29, 0.717) is 21.3 Å². The molecule has 0 saturated carbocycles. The lowest BCUT2D eigenvalue weighted by atomic mass is 10.2. The lowest BCUT2D eigenvalue weighted by Gasteiger charge is -2.05. The van der Waals surface area contributed by atoms with E-state index in [1.165, 1.54) is 12.1 Å².